The molecule has 0 fully saturated rings. The van der Waals surface area contributed by atoms with Crippen molar-refractivity contribution in [1.82, 2.24) is 5.32 Å². The van der Waals surface area contributed by atoms with Crippen molar-refractivity contribution in [2.24, 2.45) is 0 Å². The highest BCUT2D eigenvalue weighted by Gasteiger charge is 2.23. The van der Waals surface area contributed by atoms with Gasteiger partial charge in [0.2, 0.25) is 0 Å². The topological polar surface area (TPSA) is 45.7 Å². The highest BCUT2D eigenvalue weighted by Crippen LogP contribution is 2.17. The van der Waals surface area contributed by atoms with Crippen LogP contribution in [0.25, 0.3) is 0 Å². The number of hydrogen-bond acceptors (Lipinski definition) is 1. The molecule has 3 nitrogen and oxygen atoms in total. The molecule has 0 heterocycles. The van der Waals surface area contributed by atoms with Crippen LogP contribution in [0.4, 0.5) is 0 Å². The number of rotatable bonds is 5. The second-order valence-corrected chi connectivity index (χ2v) is 4.89. The smallest absolute Gasteiger partial charge is 0.277 e. The number of benzene rings is 2. The second kappa shape index (κ2) is 6.87. The van der Waals surface area contributed by atoms with Crippen molar-refractivity contribution in [2.75, 3.05) is 7.05 Å². The molecule has 0 aliphatic rings. The summed E-state index contributed by atoms with van der Waals surface area (Å²) in [5, 5.41) is 4.80. The van der Waals surface area contributed by atoms with Gasteiger partial charge in [-0.3, -0.25) is 4.79 Å². The van der Waals surface area contributed by atoms with E-state index in [1.807, 2.05) is 43.3 Å². The van der Waals surface area contributed by atoms with Crippen molar-refractivity contribution in [3.8, 4) is 0 Å². The van der Waals surface area contributed by atoms with Gasteiger partial charge in [0, 0.05) is 18.2 Å². The maximum absolute atomic E-state index is 11.8. The number of hydrogen-bond donors (Lipinski definition) is 2. The minimum Gasteiger partial charge on any atom is -0.354 e. The highest BCUT2D eigenvalue weighted by molar-refractivity contribution is 5.79. The van der Waals surface area contributed by atoms with Gasteiger partial charge in [0.05, 0.1) is 0 Å². The third-order valence-corrected chi connectivity index (χ3v) is 3.46. The van der Waals surface area contributed by atoms with Gasteiger partial charge in [-0.05, 0) is 6.92 Å². The van der Waals surface area contributed by atoms with E-state index in [0.717, 1.165) is 0 Å². The van der Waals surface area contributed by atoms with Gasteiger partial charge in [0.15, 0.2) is 6.04 Å². The molecule has 0 saturated carbocycles. The number of quaternary nitrogens is 1. The third kappa shape index (κ3) is 3.45. The molecule has 0 spiro atoms. The molecule has 0 unspecified atom stereocenters. The van der Waals surface area contributed by atoms with Crippen molar-refractivity contribution >= 4 is 5.91 Å². The van der Waals surface area contributed by atoms with Crippen LogP contribution in [-0.2, 0) is 4.79 Å². The van der Waals surface area contributed by atoms with Gasteiger partial charge < -0.3 is 10.6 Å². The van der Waals surface area contributed by atoms with Crippen molar-refractivity contribution in [3.05, 3.63) is 71.8 Å². The predicted molar refractivity (Wildman–Crippen MR) is 80.2 cm³/mol. The van der Waals surface area contributed by atoms with Gasteiger partial charge in [-0.15, -0.1) is 0 Å². The molecule has 104 valence electrons. The van der Waals surface area contributed by atoms with E-state index in [2.05, 4.69) is 34.9 Å². The normalized spacial score (nSPS) is 12.2. The molecule has 3 heteroatoms. The lowest BCUT2D eigenvalue weighted by atomic mass is 9.98. The maximum Gasteiger partial charge on any atom is 0.277 e. The average molecular weight is 269 g/mol. The van der Waals surface area contributed by atoms with Crippen LogP contribution in [0, 0.1) is 0 Å². The number of amides is 1. The van der Waals surface area contributed by atoms with E-state index in [9.17, 15) is 4.79 Å². The van der Waals surface area contributed by atoms with Crippen LogP contribution in [0.5, 0.6) is 0 Å². The number of likely N-dealkylation sites (N-methyl/N-ethyl adjacent to an activating group) is 1. The molecule has 0 aromatic heterocycles. The number of nitrogens with two attached hydrogens (primary N) is 1. The summed E-state index contributed by atoms with van der Waals surface area (Å²) < 4.78 is 0. The minimum atomic E-state index is -0.134. The standard InChI is InChI=1S/C17H20N2O/c1-13(17(20)18-2)19-16(14-9-5-3-6-10-14)15-11-7-4-8-12-15/h3-13,16,19H,1-2H3,(H,18,20)/p+1/t13-/m0/s1. The molecule has 2 rings (SSSR count). The average Bonchev–Trinajstić information content (AvgIpc) is 2.53. The highest BCUT2D eigenvalue weighted by atomic mass is 16.2. The predicted octanol–water partition coefficient (Wildman–Crippen LogP) is 1.47. The summed E-state index contributed by atoms with van der Waals surface area (Å²) in [5.41, 5.74) is 2.41. The van der Waals surface area contributed by atoms with Crippen LogP contribution >= 0.6 is 0 Å². The van der Waals surface area contributed by atoms with E-state index in [4.69, 9.17) is 0 Å². The van der Waals surface area contributed by atoms with Crippen molar-refractivity contribution < 1.29 is 10.1 Å². The van der Waals surface area contributed by atoms with E-state index in [1.165, 1.54) is 11.1 Å². The molecule has 0 aliphatic carbocycles. The number of carbonyl (C=O) groups is 1. The van der Waals surface area contributed by atoms with E-state index in [-0.39, 0.29) is 18.0 Å². The third-order valence-electron chi connectivity index (χ3n) is 3.46. The molecule has 2 aromatic carbocycles. The lowest BCUT2D eigenvalue weighted by Crippen LogP contribution is -2.92. The van der Waals surface area contributed by atoms with Crippen LogP contribution in [0.3, 0.4) is 0 Å². The fourth-order valence-electron chi connectivity index (χ4n) is 2.34. The Labute approximate surface area is 120 Å². The summed E-state index contributed by atoms with van der Waals surface area (Å²) in [5.74, 6) is 0.0434. The van der Waals surface area contributed by atoms with Crippen LogP contribution in [-0.4, -0.2) is 19.0 Å². The first kappa shape index (κ1) is 14.3. The largest absolute Gasteiger partial charge is 0.354 e. The molecule has 0 radical (unpaired) electrons. The number of nitrogens with one attached hydrogen (secondary N) is 1. The first-order valence-electron chi connectivity index (χ1n) is 6.89. The van der Waals surface area contributed by atoms with Crippen molar-refractivity contribution in [1.29, 1.82) is 0 Å². The zero-order valence-corrected chi connectivity index (χ0v) is 11.9. The Hall–Kier alpha value is -2.13. The molecular weight excluding hydrogens is 248 g/mol. The summed E-state index contributed by atoms with van der Waals surface area (Å²) in [7, 11) is 1.67. The molecule has 0 saturated heterocycles. The van der Waals surface area contributed by atoms with Gasteiger partial charge in [0.25, 0.3) is 5.91 Å². The van der Waals surface area contributed by atoms with Crippen molar-refractivity contribution in [3.63, 3.8) is 0 Å². The minimum absolute atomic E-state index is 0.0434. The monoisotopic (exact) mass is 269 g/mol. The zero-order valence-electron chi connectivity index (χ0n) is 11.9. The van der Waals surface area contributed by atoms with Gasteiger partial charge >= 0.3 is 0 Å². The fraction of sp³-hybridized carbons (Fsp3) is 0.235. The maximum atomic E-state index is 11.8. The summed E-state index contributed by atoms with van der Waals surface area (Å²) in [4.78, 5) is 11.8. The van der Waals surface area contributed by atoms with Crippen LogP contribution in [0.1, 0.15) is 24.1 Å². The molecule has 3 N–H and O–H groups in total. The summed E-state index contributed by atoms with van der Waals surface area (Å²) in [6.07, 6.45) is 0. The first-order valence-corrected chi connectivity index (χ1v) is 6.89. The van der Waals surface area contributed by atoms with Crippen LogP contribution in [0.2, 0.25) is 0 Å². The fourth-order valence-corrected chi connectivity index (χ4v) is 2.34. The summed E-state index contributed by atoms with van der Waals surface area (Å²) >= 11 is 0. The van der Waals surface area contributed by atoms with E-state index in [1.54, 1.807) is 7.05 Å². The molecule has 2 aromatic rings. The Morgan fingerprint density at radius 3 is 1.80 bits per heavy atom. The van der Waals surface area contributed by atoms with Gasteiger partial charge in [-0.25, -0.2) is 0 Å². The van der Waals surface area contributed by atoms with Gasteiger partial charge in [0.1, 0.15) is 6.04 Å². The first-order chi connectivity index (χ1) is 9.72. The second-order valence-electron chi connectivity index (χ2n) is 4.89. The Balaban J connectivity index is 2.28. The Morgan fingerprint density at radius 1 is 0.950 bits per heavy atom. The van der Waals surface area contributed by atoms with Gasteiger partial charge in [-0.2, -0.15) is 0 Å². The van der Waals surface area contributed by atoms with Crippen molar-refractivity contribution in [2.45, 2.75) is 19.0 Å². The number of carbonyl (C=O) groups excluding carboxylic acids is 1. The molecule has 1 amide bonds. The Kier molecular flexibility index (Phi) is 4.91. The summed E-state index contributed by atoms with van der Waals surface area (Å²) in [6.45, 7) is 1.93. The summed E-state index contributed by atoms with van der Waals surface area (Å²) in [6, 6.07) is 20.5. The Bertz CT molecular complexity index is 500. The molecule has 20 heavy (non-hydrogen) atoms. The van der Waals surface area contributed by atoms with Crippen LogP contribution in [0.15, 0.2) is 60.7 Å². The molecular formula is C17H21N2O+. The molecule has 0 aliphatic heterocycles. The molecule has 1 atom stereocenters. The van der Waals surface area contributed by atoms with Gasteiger partial charge in [-0.1, -0.05) is 60.7 Å². The van der Waals surface area contributed by atoms with E-state index >= 15 is 0 Å². The van der Waals surface area contributed by atoms with E-state index in [0.29, 0.717) is 0 Å². The lowest BCUT2D eigenvalue weighted by molar-refractivity contribution is -0.704. The molecule has 0 bridgehead atoms. The van der Waals surface area contributed by atoms with Crippen LogP contribution < -0.4 is 10.6 Å². The van der Waals surface area contributed by atoms with E-state index < -0.39 is 0 Å². The quantitative estimate of drug-likeness (QED) is 0.848. The lowest BCUT2D eigenvalue weighted by Gasteiger charge is -2.20. The Morgan fingerprint density at radius 2 is 1.40 bits per heavy atom. The SMILES string of the molecule is CNC(=O)[C@H](C)[NH2+]C(c1ccccc1)c1ccccc1. The zero-order chi connectivity index (χ0) is 14.4.